The van der Waals surface area contributed by atoms with Crippen LogP contribution in [0.4, 0.5) is 0 Å². The first-order valence-corrected chi connectivity index (χ1v) is 10.4. The summed E-state index contributed by atoms with van der Waals surface area (Å²) in [4.78, 5) is 2.44. The van der Waals surface area contributed by atoms with Gasteiger partial charge < -0.3 is 23.7 Å². The number of hydrogen-bond donors (Lipinski definition) is 0. The van der Waals surface area contributed by atoms with E-state index in [4.69, 9.17) is 23.7 Å². The molecule has 0 aliphatic carbocycles. The Kier molecular flexibility index (Phi) is 5.96. The smallest absolute Gasteiger partial charge is 0.170 e. The minimum absolute atomic E-state index is 0.319. The predicted octanol–water partition coefficient (Wildman–Crippen LogP) is 3.60. The summed E-state index contributed by atoms with van der Waals surface area (Å²) in [6, 6.07) is 3.83. The van der Waals surface area contributed by atoms with Crippen LogP contribution in [0.15, 0.2) is 34.3 Å². The summed E-state index contributed by atoms with van der Waals surface area (Å²) >= 11 is 3.60. The normalized spacial score (nSPS) is 21.8. The largest absolute Gasteiger partial charge is 0.493 e. The van der Waals surface area contributed by atoms with E-state index in [-0.39, 0.29) is 5.79 Å². The van der Waals surface area contributed by atoms with Gasteiger partial charge in [-0.2, -0.15) is 0 Å². The topological polar surface area (TPSA) is 49.4 Å². The second-order valence-electron chi connectivity index (χ2n) is 7.22. The molecule has 1 spiro atoms. The molecule has 3 aliphatic rings. The standard InChI is InChI=1S/C21H26BrNO5/c1-24-19-11-16(17(22)12-20(19)25-2)18-4-3-15(14-26-18)13-23-7-5-21(6-8-23)27-9-10-28-21/h3-4,11-12H,5-10,13-14H2,1-2H3. The maximum absolute atomic E-state index is 6.06. The number of benzene rings is 1. The molecule has 0 atom stereocenters. The number of hydrogen-bond acceptors (Lipinski definition) is 6. The van der Waals surface area contributed by atoms with Crippen LogP contribution in [0.5, 0.6) is 11.5 Å². The fraction of sp³-hybridized carbons (Fsp3) is 0.524. The zero-order valence-electron chi connectivity index (χ0n) is 16.3. The van der Waals surface area contributed by atoms with E-state index in [1.54, 1.807) is 14.2 Å². The molecule has 0 bridgehead atoms. The quantitative estimate of drug-likeness (QED) is 0.681. The number of methoxy groups -OCH3 is 2. The maximum atomic E-state index is 6.06. The van der Waals surface area contributed by atoms with Crippen LogP contribution in [0.2, 0.25) is 0 Å². The number of rotatable bonds is 5. The first-order chi connectivity index (χ1) is 13.6. The van der Waals surface area contributed by atoms with Crippen LogP contribution < -0.4 is 9.47 Å². The van der Waals surface area contributed by atoms with E-state index in [1.807, 2.05) is 18.2 Å². The van der Waals surface area contributed by atoms with Gasteiger partial charge in [-0.3, -0.25) is 4.90 Å². The van der Waals surface area contributed by atoms with Crippen molar-refractivity contribution in [2.75, 3.05) is 53.7 Å². The van der Waals surface area contributed by atoms with E-state index in [1.165, 1.54) is 5.57 Å². The van der Waals surface area contributed by atoms with Crippen LogP contribution in [0, 0.1) is 0 Å². The lowest BCUT2D eigenvalue weighted by molar-refractivity contribution is -0.184. The van der Waals surface area contributed by atoms with Gasteiger partial charge >= 0.3 is 0 Å². The Balaban J connectivity index is 1.41. The van der Waals surface area contributed by atoms with Gasteiger partial charge in [-0.1, -0.05) is 6.08 Å². The molecular formula is C21H26BrNO5. The lowest BCUT2D eigenvalue weighted by atomic mass is 10.0. The second-order valence-corrected chi connectivity index (χ2v) is 8.07. The Morgan fingerprint density at radius 2 is 1.71 bits per heavy atom. The van der Waals surface area contributed by atoms with Crippen molar-refractivity contribution in [1.29, 1.82) is 0 Å². The van der Waals surface area contributed by atoms with Crippen molar-refractivity contribution in [2.45, 2.75) is 18.6 Å². The first kappa shape index (κ1) is 19.8. The molecule has 0 amide bonds. The Hall–Kier alpha value is -1.54. The molecule has 1 aromatic carbocycles. The Morgan fingerprint density at radius 3 is 2.32 bits per heavy atom. The number of piperidine rings is 1. The van der Waals surface area contributed by atoms with E-state index < -0.39 is 0 Å². The third-order valence-electron chi connectivity index (χ3n) is 5.48. The summed E-state index contributed by atoms with van der Waals surface area (Å²) in [6.07, 6.45) is 6.05. The number of allylic oxidation sites excluding steroid dienone is 2. The Bertz CT molecular complexity index is 775. The number of halogens is 1. The molecule has 0 unspecified atom stereocenters. The SMILES string of the molecule is COc1cc(Br)c(C2=CC=C(CN3CCC4(CC3)OCCO4)CO2)cc1OC. The molecule has 1 aromatic rings. The summed E-state index contributed by atoms with van der Waals surface area (Å²) < 4.78 is 29.3. The number of ether oxygens (including phenoxy) is 5. The fourth-order valence-electron chi connectivity index (χ4n) is 3.89. The molecule has 0 saturated carbocycles. The molecule has 2 saturated heterocycles. The summed E-state index contributed by atoms with van der Waals surface area (Å²) in [6.45, 7) is 4.90. The van der Waals surface area contributed by atoms with Crippen LogP contribution in [0.3, 0.4) is 0 Å². The Morgan fingerprint density at radius 1 is 1.04 bits per heavy atom. The van der Waals surface area contributed by atoms with Crippen molar-refractivity contribution in [3.8, 4) is 11.5 Å². The third-order valence-corrected chi connectivity index (χ3v) is 6.14. The molecule has 0 radical (unpaired) electrons. The maximum Gasteiger partial charge on any atom is 0.170 e. The summed E-state index contributed by atoms with van der Waals surface area (Å²) in [5, 5.41) is 0. The van der Waals surface area contributed by atoms with Crippen molar-refractivity contribution in [2.24, 2.45) is 0 Å². The lowest BCUT2D eigenvalue weighted by Gasteiger charge is -2.38. The van der Waals surface area contributed by atoms with E-state index in [9.17, 15) is 0 Å². The van der Waals surface area contributed by atoms with Gasteiger partial charge in [0.05, 0.1) is 27.4 Å². The highest BCUT2D eigenvalue weighted by atomic mass is 79.9. The van der Waals surface area contributed by atoms with Crippen molar-refractivity contribution < 1.29 is 23.7 Å². The first-order valence-electron chi connectivity index (χ1n) is 9.57. The van der Waals surface area contributed by atoms with Crippen LogP contribution in [0.25, 0.3) is 5.76 Å². The van der Waals surface area contributed by atoms with E-state index in [0.29, 0.717) is 18.1 Å². The molecule has 4 rings (SSSR count). The molecule has 3 aliphatic heterocycles. The molecule has 0 aromatic heterocycles. The predicted molar refractivity (Wildman–Crippen MR) is 110 cm³/mol. The van der Waals surface area contributed by atoms with Crippen LogP contribution in [-0.2, 0) is 14.2 Å². The summed E-state index contributed by atoms with van der Waals surface area (Å²) in [7, 11) is 3.26. The van der Waals surface area contributed by atoms with E-state index in [2.05, 4.69) is 26.9 Å². The molecule has 28 heavy (non-hydrogen) atoms. The number of likely N-dealkylation sites (tertiary alicyclic amines) is 1. The van der Waals surface area contributed by atoms with Gasteiger partial charge in [0.2, 0.25) is 0 Å². The molecule has 3 heterocycles. The van der Waals surface area contributed by atoms with Gasteiger partial charge in [0.25, 0.3) is 0 Å². The minimum atomic E-state index is -0.319. The monoisotopic (exact) mass is 451 g/mol. The molecule has 7 heteroatoms. The van der Waals surface area contributed by atoms with Crippen molar-refractivity contribution in [3.63, 3.8) is 0 Å². The van der Waals surface area contributed by atoms with Gasteiger partial charge in [-0.15, -0.1) is 0 Å². The molecule has 0 N–H and O–H groups in total. The fourth-order valence-corrected chi connectivity index (χ4v) is 4.41. The van der Waals surface area contributed by atoms with Gasteiger partial charge in [-0.05, 0) is 39.7 Å². The van der Waals surface area contributed by atoms with Gasteiger partial charge in [-0.25, -0.2) is 0 Å². The molecule has 2 fully saturated rings. The zero-order chi connectivity index (χ0) is 19.6. The highest BCUT2D eigenvalue weighted by Gasteiger charge is 2.39. The summed E-state index contributed by atoms with van der Waals surface area (Å²) in [5.41, 5.74) is 2.22. The minimum Gasteiger partial charge on any atom is -0.493 e. The average Bonchev–Trinajstić information content (AvgIpc) is 3.18. The Labute approximate surface area is 174 Å². The van der Waals surface area contributed by atoms with Crippen molar-refractivity contribution in [1.82, 2.24) is 4.90 Å². The van der Waals surface area contributed by atoms with E-state index >= 15 is 0 Å². The van der Waals surface area contributed by atoms with Gasteiger partial charge in [0.15, 0.2) is 17.3 Å². The second kappa shape index (κ2) is 8.45. The lowest BCUT2D eigenvalue weighted by Crippen LogP contribution is -2.45. The van der Waals surface area contributed by atoms with Crippen molar-refractivity contribution in [3.05, 3.63) is 39.9 Å². The molecular weight excluding hydrogens is 426 g/mol. The van der Waals surface area contributed by atoms with Crippen LogP contribution in [-0.4, -0.2) is 64.4 Å². The zero-order valence-corrected chi connectivity index (χ0v) is 17.9. The number of nitrogens with zero attached hydrogens (tertiary/aromatic N) is 1. The summed E-state index contributed by atoms with van der Waals surface area (Å²) in [5.74, 6) is 1.87. The van der Waals surface area contributed by atoms with Crippen molar-refractivity contribution >= 4 is 21.7 Å². The molecule has 152 valence electrons. The third kappa shape index (κ3) is 4.08. The van der Waals surface area contributed by atoms with Crippen LogP contribution >= 0.6 is 15.9 Å². The van der Waals surface area contributed by atoms with Gasteiger partial charge in [0, 0.05) is 42.5 Å². The van der Waals surface area contributed by atoms with Crippen LogP contribution in [0.1, 0.15) is 18.4 Å². The average molecular weight is 452 g/mol. The van der Waals surface area contributed by atoms with E-state index in [0.717, 1.165) is 61.5 Å². The molecule has 6 nitrogen and oxygen atoms in total. The van der Waals surface area contributed by atoms with Gasteiger partial charge in [0.1, 0.15) is 12.4 Å². The highest BCUT2D eigenvalue weighted by molar-refractivity contribution is 9.10. The highest BCUT2D eigenvalue weighted by Crippen LogP contribution is 2.38.